The molecule has 1 atom stereocenters. The van der Waals surface area contributed by atoms with Crippen molar-refractivity contribution in [3.05, 3.63) is 53.6 Å². The topological polar surface area (TPSA) is 32.3 Å². The van der Waals surface area contributed by atoms with Gasteiger partial charge in [-0.05, 0) is 42.5 Å². The summed E-state index contributed by atoms with van der Waals surface area (Å²) in [6, 6.07) is 8.47. The highest BCUT2D eigenvalue weighted by Gasteiger charge is 2.09. The Morgan fingerprint density at radius 1 is 1.21 bits per heavy atom. The van der Waals surface area contributed by atoms with Crippen molar-refractivity contribution in [3.63, 3.8) is 0 Å². The second kappa shape index (κ2) is 7.15. The van der Waals surface area contributed by atoms with Gasteiger partial charge in [-0.3, -0.25) is 0 Å². The van der Waals surface area contributed by atoms with Crippen molar-refractivity contribution in [2.24, 2.45) is 0 Å². The predicted octanol–water partition coefficient (Wildman–Crippen LogP) is 3.69. The van der Waals surface area contributed by atoms with Crippen LogP contribution in [-0.4, -0.2) is 17.8 Å². The van der Waals surface area contributed by atoms with Gasteiger partial charge in [0.05, 0.1) is 6.10 Å². The number of anilines is 1. The fourth-order valence-electron chi connectivity index (χ4n) is 2.29. The molecule has 0 saturated carbocycles. The number of allylic oxidation sites excluding steroid dienone is 2. The minimum absolute atomic E-state index is 0.424. The van der Waals surface area contributed by atoms with Crippen molar-refractivity contribution in [3.8, 4) is 0 Å². The zero-order valence-corrected chi connectivity index (χ0v) is 11.6. The van der Waals surface area contributed by atoms with Crippen LogP contribution in [0.15, 0.2) is 48.1 Å². The van der Waals surface area contributed by atoms with Crippen molar-refractivity contribution in [1.29, 1.82) is 0 Å². The van der Waals surface area contributed by atoms with E-state index >= 15 is 0 Å². The van der Waals surface area contributed by atoms with E-state index in [0.717, 1.165) is 30.5 Å². The highest BCUT2D eigenvalue weighted by atomic mass is 16.3. The molecule has 0 fully saturated rings. The summed E-state index contributed by atoms with van der Waals surface area (Å²) < 4.78 is 0. The number of nitrogens with one attached hydrogen (secondary N) is 1. The molecule has 19 heavy (non-hydrogen) atoms. The predicted molar refractivity (Wildman–Crippen MR) is 81.4 cm³/mol. The van der Waals surface area contributed by atoms with E-state index in [1.807, 2.05) is 6.08 Å². The molecule has 2 rings (SSSR count). The Labute approximate surface area is 115 Å². The lowest BCUT2D eigenvalue weighted by Gasteiger charge is -2.16. The standard InChI is InChI=1S/C17H23NO/c1-2-6-14-9-11-16(12-10-14)18-13-17(19)15-7-4-3-5-8-15/h4,7-12,17-19H,2-3,5-6,13H2,1H3. The zero-order chi connectivity index (χ0) is 13.5. The summed E-state index contributed by atoms with van der Waals surface area (Å²) in [6.45, 7) is 2.75. The summed E-state index contributed by atoms with van der Waals surface area (Å²) in [5.74, 6) is 0. The van der Waals surface area contributed by atoms with Crippen molar-refractivity contribution in [2.45, 2.75) is 38.7 Å². The van der Waals surface area contributed by atoms with Crippen LogP contribution in [0, 0.1) is 0 Å². The number of aryl methyl sites for hydroxylation is 1. The molecule has 1 aliphatic carbocycles. The van der Waals surface area contributed by atoms with E-state index < -0.39 is 6.10 Å². The SMILES string of the molecule is CCCc1ccc(NCC(O)C2=CCCC=C2)cc1. The Hall–Kier alpha value is -1.54. The number of aliphatic hydroxyl groups excluding tert-OH is 1. The molecular weight excluding hydrogens is 234 g/mol. The zero-order valence-electron chi connectivity index (χ0n) is 11.6. The largest absolute Gasteiger partial charge is 0.387 e. The second-order valence-electron chi connectivity index (χ2n) is 5.03. The van der Waals surface area contributed by atoms with Gasteiger partial charge >= 0.3 is 0 Å². The van der Waals surface area contributed by atoms with Crippen LogP contribution in [0.1, 0.15) is 31.7 Å². The van der Waals surface area contributed by atoms with Gasteiger partial charge in [0.1, 0.15) is 0 Å². The molecule has 0 bridgehead atoms. The minimum atomic E-state index is -0.424. The summed E-state index contributed by atoms with van der Waals surface area (Å²) in [7, 11) is 0. The molecule has 0 amide bonds. The first-order valence-corrected chi connectivity index (χ1v) is 7.17. The van der Waals surface area contributed by atoms with Crippen molar-refractivity contribution < 1.29 is 5.11 Å². The summed E-state index contributed by atoms with van der Waals surface area (Å²) in [6.07, 6.45) is 10.3. The Morgan fingerprint density at radius 3 is 2.63 bits per heavy atom. The number of aliphatic hydroxyl groups is 1. The molecule has 0 radical (unpaired) electrons. The molecule has 1 aromatic rings. The fraction of sp³-hybridized carbons (Fsp3) is 0.412. The van der Waals surface area contributed by atoms with Crippen molar-refractivity contribution in [1.82, 2.24) is 0 Å². The molecule has 1 aliphatic rings. The summed E-state index contributed by atoms with van der Waals surface area (Å²) in [4.78, 5) is 0. The molecule has 2 heteroatoms. The molecular formula is C17H23NO. The quantitative estimate of drug-likeness (QED) is 0.814. The number of hydrogen-bond donors (Lipinski definition) is 2. The van der Waals surface area contributed by atoms with Gasteiger partial charge in [0.25, 0.3) is 0 Å². The van der Waals surface area contributed by atoms with Gasteiger partial charge in [-0.2, -0.15) is 0 Å². The van der Waals surface area contributed by atoms with Gasteiger partial charge in [0.15, 0.2) is 0 Å². The number of hydrogen-bond acceptors (Lipinski definition) is 2. The Bertz CT molecular complexity index is 445. The lowest BCUT2D eigenvalue weighted by atomic mass is 10.0. The summed E-state index contributed by atoms with van der Waals surface area (Å²) >= 11 is 0. The van der Waals surface area contributed by atoms with Gasteiger partial charge < -0.3 is 10.4 Å². The van der Waals surface area contributed by atoms with Crippen molar-refractivity contribution >= 4 is 5.69 Å². The average Bonchev–Trinajstić information content (AvgIpc) is 2.47. The maximum atomic E-state index is 10.1. The van der Waals surface area contributed by atoms with Crippen LogP contribution in [0.2, 0.25) is 0 Å². The maximum absolute atomic E-state index is 10.1. The highest BCUT2D eigenvalue weighted by Crippen LogP contribution is 2.15. The number of benzene rings is 1. The van der Waals surface area contributed by atoms with Gasteiger partial charge in [0.2, 0.25) is 0 Å². The van der Waals surface area contributed by atoms with E-state index in [9.17, 15) is 5.11 Å². The monoisotopic (exact) mass is 257 g/mol. The normalized spacial score (nSPS) is 16.0. The third-order valence-corrected chi connectivity index (χ3v) is 3.40. The number of rotatable bonds is 6. The van der Waals surface area contributed by atoms with Crippen molar-refractivity contribution in [2.75, 3.05) is 11.9 Å². The fourth-order valence-corrected chi connectivity index (χ4v) is 2.29. The van der Waals surface area contributed by atoms with E-state index in [-0.39, 0.29) is 0 Å². The third-order valence-electron chi connectivity index (χ3n) is 3.40. The lowest BCUT2D eigenvalue weighted by molar-refractivity contribution is 0.227. The Kier molecular flexibility index (Phi) is 5.22. The molecule has 2 N–H and O–H groups in total. The van der Waals surface area contributed by atoms with Gasteiger partial charge in [-0.1, -0.05) is 43.7 Å². The molecule has 0 aliphatic heterocycles. The molecule has 0 heterocycles. The molecule has 1 unspecified atom stereocenters. The van der Waals surface area contributed by atoms with Crippen LogP contribution in [0.25, 0.3) is 0 Å². The van der Waals surface area contributed by atoms with E-state index in [4.69, 9.17) is 0 Å². The first-order chi connectivity index (χ1) is 9.29. The first-order valence-electron chi connectivity index (χ1n) is 7.17. The summed E-state index contributed by atoms with van der Waals surface area (Å²) in [5, 5.41) is 13.4. The smallest absolute Gasteiger partial charge is 0.0959 e. The molecule has 0 saturated heterocycles. The molecule has 102 valence electrons. The van der Waals surface area contributed by atoms with E-state index in [2.05, 4.69) is 48.7 Å². The van der Waals surface area contributed by atoms with E-state index in [0.29, 0.717) is 6.54 Å². The maximum Gasteiger partial charge on any atom is 0.0959 e. The second-order valence-corrected chi connectivity index (χ2v) is 5.03. The molecule has 2 nitrogen and oxygen atoms in total. The Morgan fingerprint density at radius 2 is 2.00 bits per heavy atom. The van der Waals surface area contributed by atoms with Crippen LogP contribution in [-0.2, 0) is 6.42 Å². The van der Waals surface area contributed by atoms with Crippen LogP contribution in [0.3, 0.4) is 0 Å². The molecule has 1 aromatic carbocycles. The third kappa shape index (κ3) is 4.25. The lowest BCUT2D eigenvalue weighted by Crippen LogP contribution is -2.21. The van der Waals surface area contributed by atoms with Gasteiger partial charge in [-0.15, -0.1) is 0 Å². The molecule has 0 aromatic heterocycles. The average molecular weight is 257 g/mol. The van der Waals surface area contributed by atoms with E-state index in [1.54, 1.807) is 0 Å². The molecule has 0 spiro atoms. The summed E-state index contributed by atoms with van der Waals surface area (Å²) in [5.41, 5.74) is 3.46. The van der Waals surface area contributed by atoms with Crippen LogP contribution in [0.5, 0.6) is 0 Å². The highest BCUT2D eigenvalue weighted by molar-refractivity contribution is 5.45. The Balaban J connectivity index is 1.84. The van der Waals surface area contributed by atoms with E-state index in [1.165, 1.54) is 12.0 Å². The van der Waals surface area contributed by atoms with Crippen LogP contribution in [0.4, 0.5) is 5.69 Å². The first kappa shape index (κ1) is 13.9. The van der Waals surface area contributed by atoms with Gasteiger partial charge in [0, 0.05) is 12.2 Å². The van der Waals surface area contributed by atoms with Crippen LogP contribution >= 0.6 is 0 Å². The van der Waals surface area contributed by atoms with Crippen LogP contribution < -0.4 is 5.32 Å². The van der Waals surface area contributed by atoms with Gasteiger partial charge in [-0.25, -0.2) is 0 Å². The minimum Gasteiger partial charge on any atom is -0.387 e.